The van der Waals surface area contributed by atoms with Crippen molar-refractivity contribution in [1.29, 1.82) is 0 Å². The molecule has 0 unspecified atom stereocenters. The molecule has 0 bridgehead atoms. The Labute approximate surface area is 181 Å². The van der Waals surface area contributed by atoms with Crippen LogP contribution >= 0.6 is 0 Å². The Morgan fingerprint density at radius 3 is 1.90 bits per heavy atom. The molecule has 1 N–H and O–H groups in total. The molecule has 3 aromatic carbocycles. The van der Waals surface area contributed by atoms with Crippen LogP contribution in [-0.2, 0) is 0 Å². The van der Waals surface area contributed by atoms with Crippen LogP contribution in [0.1, 0.15) is 0 Å². The van der Waals surface area contributed by atoms with Gasteiger partial charge in [-0.15, -0.1) is 0 Å². The van der Waals surface area contributed by atoms with Crippen molar-refractivity contribution in [2.45, 2.75) is 0 Å². The van der Waals surface area contributed by atoms with Gasteiger partial charge in [0, 0.05) is 11.1 Å². The lowest BCUT2D eigenvalue weighted by Crippen LogP contribution is -1.91. The van der Waals surface area contributed by atoms with Gasteiger partial charge in [0.1, 0.15) is 28.8 Å². The second-order valence-electron chi connectivity index (χ2n) is 6.84. The van der Waals surface area contributed by atoms with Gasteiger partial charge in [-0.3, -0.25) is 0 Å². The predicted molar refractivity (Wildman–Crippen MR) is 121 cm³/mol. The van der Waals surface area contributed by atoms with Gasteiger partial charge in [-0.05, 0) is 42.5 Å². The van der Waals surface area contributed by atoms with E-state index in [0.717, 1.165) is 45.3 Å². The van der Waals surface area contributed by atoms with Gasteiger partial charge in [0.25, 0.3) is 0 Å². The summed E-state index contributed by atoms with van der Waals surface area (Å²) in [5.41, 5.74) is 4.36. The molecule has 0 saturated carbocycles. The quantitative estimate of drug-likeness (QED) is 0.434. The van der Waals surface area contributed by atoms with Gasteiger partial charge in [-0.1, -0.05) is 24.3 Å². The summed E-state index contributed by atoms with van der Waals surface area (Å²) in [6.07, 6.45) is 0. The van der Waals surface area contributed by atoms with E-state index in [0.29, 0.717) is 11.6 Å². The molecule has 6 heteroatoms. The average molecular weight is 416 g/mol. The number of nitrogens with zero attached hydrogens (tertiary/aromatic N) is 1. The van der Waals surface area contributed by atoms with E-state index in [2.05, 4.69) is 4.98 Å². The second kappa shape index (κ2) is 8.83. The number of aromatic nitrogens is 2. The molecular formula is C25H24N2O4. The van der Waals surface area contributed by atoms with Crippen LogP contribution in [0.2, 0.25) is 0 Å². The lowest BCUT2D eigenvalue weighted by molar-refractivity contribution is 0.404. The summed E-state index contributed by atoms with van der Waals surface area (Å²) in [5, 5.41) is 0. The summed E-state index contributed by atoms with van der Waals surface area (Å²) in [5.74, 6) is 3.62. The largest absolute Gasteiger partial charge is 0.497 e. The average Bonchev–Trinajstić information content (AvgIpc) is 3.29. The van der Waals surface area contributed by atoms with Crippen LogP contribution in [0.3, 0.4) is 0 Å². The van der Waals surface area contributed by atoms with Crippen molar-refractivity contribution < 1.29 is 18.9 Å². The minimum atomic E-state index is 0.673. The fraction of sp³-hybridized carbons (Fsp3) is 0.160. The number of benzene rings is 3. The van der Waals surface area contributed by atoms with Crippen molar-refractivity contribution in [3.63, 3.8) is 0 Å². The van der Waals surface area contributed by atoms with Crippen LogP contribution < -0.4 is 18.9 Å². The molecular weight excluding hydrogens is 392 g/mol. The zero-order valence-electron chi connectivity index (χ0n) is 17.9. The maximum atomic E-state index is 5.58. The molecule has 0 aliphatic rings. The van der Waals surface area contributed by atoms with Crippen LogP contribution in [0.4, 0.5) is 0 Å². The van der Waals surface area contributed by atoms with Gasteiger partial charge in [0.05, 0.1) is 45.4 Å². The summed E-state index contributed by atoms with van der Waals surface area (Å²) in [6.45, 7) is 0. The third kappa shape index (κ3) is 4.05. The molecule has 0 aliphatic heterocycles. The summed E-state index contributed by atoms with van der Waals surface area (Å²) in [4.78, 5) is 8.44. The van der Waals surface area contributed by atoms with E-state index >= 15 is 0 Å². The zero-order valence-corrected chi connectivity index (χ0v) is 17.9. The zero-order chi connectivity index (χ0) is 21.8. The van der Waals surface area contributed by atoms with Gasteiger partial charge in [-0.2, -0.15) is 0 Å². The van der Waals surface area contributed by atoms with Crippen molar-refractivity contribution in [2.24, 2.45) is 0 Å². The molecule has 1 heterocycles. The van der Waals surface area contributed by atoms with Gasteiger partial charge < -0.3 is 23.9 Å². The van der Waals surface area contributed by atoms with Crippen LogP contribution in [0.15, 0.2) is 66.7 Å². The highest BCUT2D eigenvalue weighted by Gasteiger charge is 2.19. The van der Waals surface area contributed by atoms with E-state index in [1.807, 2.05) is 66.7 Å². The molecule has 0 radical (unpaired) electrons. The third-order valence-corrected chi connectivity index (χ3v) is 5.07. The van der Waals surface area contributed by atoms with Crippen LogP contribution in [0.5, 0.6) is 23.0 Å². The van der Waals surface area contributed by atoms with Crippen LogP contribution in [-0.4, -0.2) is 38.4 Å². The molecule has 0 amide bonds. The van der Waals surface area contributed by atoms with E-state index in [1.54, 1.807) is 28.4 Å². The molecule has 4 aromatic rings. The molecule has 158 valence electrons. The molecule has 0 atom stereocenters. The number of H-pyrrole nitrogens is 1. The number of nitrogens with one attached hydrogen (secondary N) is 1. The van der Waals surface area contributed by atoms with Gasteiger partial charge in [0.15, 0.2) is 0 Å². The van der Waals surface area contributed by atoms with Crippen LogP contribution in [0.25, 0.3) is 33.9 Å². The summed E-state index contributed by atoms with van der Waals surface area (Å²) in [6, 6.07) is 21.3. The van der Waals surface area contributed by atoms with Gasteiger partial charge in [0.2, 0.25) is 0 Å². The minimum absolute atomic E-state index is 0.673. The number of imidazole rings is 1. The highest BCUT2D eigenvalue weighted by molar-refractivity contribution is 5.83. The van der Waals surface area contributed by atoms with E-state index < -0.39 is 0 Å². The van der Waals surface area contributed by atoms with E-state index in [9.17, 15) is 0 Å². The first kappa shape index (κ1) is 20.3. The molecule has 31 heavy (non-hydrogen) atoms. The minimum Gasteiger partial charge on any atom is -0.497 e. The maximum Gasteiger partial charge on any atom is 0.142 e. The molecule has 0 fully saturated rings. The molecule has 1 aromatic heterocycles. The fourth-order valence-corrected chi connectivity index (χ4v) is 3.47. The second-order valence-corrected chi connectivity index (χ2v) is 6.84. The van der Waals surface area contributed by atoms with E-state index in [-0.39, 0.29) is 0 Å². The number of ether oxygens (including phenoxy) is 4. The number of rotatable bonds is 7. The Kier molecular flexibility index (Phi) is 5.80. The summed E-state index contributed by atoms with van der Waals surface area (Å²) < 4.78 is 21.8. The Hall–Kier alpha value is -3.93. The SMILES string of the molecule is COc1cccc(-c2nc(-c3cc(OC)ccc3OC)[nH]c2-c2cccc(OC)c2)c1. The van der Waals surface area contributed by atoms with Crippen molar-refractivity contribution in [2.75, 3.05) is 28.4 Å². The molecule has 4 rings (SSSR count). The highest BCUT2D eigenvalue weighted by Crippen LogP contribution is 2.38. The summed E-state index contributed by atoms with van der Waals surface area (Å²) >= 11 is 0. The lowest BCUT2D eigenvalue weighted by Gasteiger charge is -2.08. The number of methoxy groups -OCH3 is 4. The molecule has 0 aliphatic carbocycles. The van der Waals surface area contributed by atoms with Gasteiger partial charge in [-0.25, -0.2) is 4.98 Å². The first-order chi connectivity index (χ1) is 15.2. The van der Waals surface area contributed by atoms with Crippen molar-refractivity contribution in [3.05, 3.63) is 66.7 Å². The molecule has 0 spiro atoms. The molecule has 6 nitrogen and oxygen atoms in total. The summed E-state index contributed by atoms with van der Waals surface area (Å²) in [7, 11) is 6.58. The standard InChI is InChI=1S/C25H24N2O4/c1-28-18-9-5-7-16(13-18)23-24(17-8-6-10-19(14-17)29-2)27-25(26-23)21-15-20(30-3)11-12-22(21)31-4/h5-15H,1-4H3,(H,26,27). The predicted octanol–water partition coefficient (Wildman–Crippen LogP) is 5.45. The van der Waals surface area contributed by atoms with Crippen molar-refractivity contribution >= 4 is 0 Å². The smallest absolute Gasteiger partial charge is 0.142 e. The topological polar surface area (TPSA) is 65.6 Å². The first-order valence-electron chi connectivity index (χ1n) is 9.78. The van der Waals surface area contributed by atoms with E-state index in [1.165, 1.54) is 0 Å². The Balaban J connectivity index is 1.94. The maximum absolute atomic E-state index is 5.58. The number of hydrogen-bond donors (Lipinski definition) is 1. The van der Waals surface area contributed by atoms with Crippen molar-refractivity contribution in [3.8, 4) is 56.9 Å². The monoisotopic (exact) mass is 416 g/mol. The highest BCUT2D eigenvalue weighted by atomic mass is 16.5. The van der Waals surface area contributed by atoms with E-state index in [4.69, 9.17) is 23.9 Å². The Morgan fingerprint density at radius 2 is 1.26 bits per heavy atom. The van der Waals surface area contributed by atoms with Gasteiger partial charge >= 0.3 is 0 Å². The Morgan fingerprint density at radius 1 is 0.645 bits per heavy atom. The van der Waals surface area contributed by atoms with Crippen molar-refractivity contribution in [1.82, 2.24) is 9.97 Å². The molecule has 0 saturated heterocycles. The lowest BCUT2D eigenvalue weighted by atomic mass is 10.0. The Bertz CT molecular complexity index is 1130. The normalized spacial score (nSPS) is 10.6. The number of hydrogen-bond acceptors (Lipinski definition) is 5. The third-order valence-electron chi connectivity index (χ3n) is 5.07. The number of aromatic amines is 1. The first-order valence-corrected chi connectivity index (χ1v) is 9.78. The van der Waals surface area contributed by atoms with Crippen LogP contribution in [0, 0.1) is 0 Å². The fourth-order valence-electron chi connectivity index (χ4n) is 3.47.